The fourth-order valence-electron chi connectivity index (χ4n) is 2.28. The minimum Gasteiger partial charge on any atom is -0.366 e. The minimum atomic E-state index is -0.524. The molecule has 0 saturated heterocycles. The van der Waals surface area contributed by atoms with Gasteiger partial charge in [-0.25, -0.2) is 0 Å². The summed E-state index contributed by atoms with van der Waals surface area (Å²) in [5, 5.41) is 2.91. The number of hydrogen-bond acceptors (Lipinski definition) is 4. The van der Waals surface area contributed by atoms with Crippen molar-refractivity contribution in [2.24, 2.45) is 5.73 Å². The van der Waals surface area contributed by atoms with E-state index in [1.54, 1.807) is 48.5 Å². The maximum atomic E-state index is 12.4. The second kappa shape index (κ2) is 5.29. The van der Waals surface area contributed by atoms with Crippen LogP contribution < -0.4 is 11.1 Å². The topological polar surface area (TPSA) is 89.3 Å². The van der Waals surface area contributed by atoms with Gasteiger partial charge in [-0.2, -0.15) is 0 Å². The Morgan fingerprint density at radius 2 is 1.55 bits per heavy atom. The lowest BCUT2D eigenvalue weighted by Crippen LogP contribution is -2.21. The molecule has 108 valence electrons. The summed E-state index contributed by atoms with van der Waals surface area (Å²) < 4.78 is 0. The van der Waals surface area contributed by atoms with Gasteiger partial charge < -0.3 is 11.1 Å². The molecule has 1 amide bonds. The van der Waals surface area contributed by atoms with Gasteiger partial charge in [0.1, 0.15) is 0 Å². The van der Waals surface area contributed by atoms with Gasteiger partial charge >= 0.3 is 0 Å². The summed E-state index contributed by atoms with van der Waals surface area (Å²) in [4.78, 5) is 35.5. The van der Waals surface area contributed by atoms with Gasteiger partial charge in [0.25, 0.3) is 0 Å². The first-order valence-electron chi connectivity index (χ1n) is 6.63. The number of Topliss-reactive ketones (excluding diaryl/α,β-unsaturated/α-hetero) is 1. The van der Waals surface area contributed by atoms with Crippen molar-refractivity contribution in [1.29, 1.82) is 0 Å². The first-order chi connectivity index (χ1) is 10.6. The van der Waals surface area contributed by atoms with Gasteiger partial charge in [-0.05, 0) is 24.3 Å². The number of anilines is 1. The molecule has 2 aromatic rings. The van der Waals surface area contributed by atoms with E-state index >= 15 is 0 Å². The molecule has 1 aliphatic rings. The summed E-state index contributed by atoms with van der Waals surface area (Å²) in [6.45, 7) is 0. The van der Waals surface area contributed by atoms with Crippen LogP contribution in [0.15, 0.2) is 60.3 Å². The monoisotopic (exact) mass is 292 g/mol. The highest BCUT2D eigenvalue weighted by Gasteiger charge is 2.25. The molecule has 1 aliphatic carbocycles. The van der Waals surface area contributed by atoms with Crippen LogP contribution >= 0.6 is 0 Å². The number of amides is 1. The molecule has 0 heterocycles. The average Bonchev–Trinajstić information content (AvgIpc) is 2.53. The number of ketones is 2. The second-order valence-corrected chi connectivity index (χ2v) is 4.86. The quantitative estimate of drug-likeness (QED) is 0.907. The predicted octanol–water partition coefficient (Wildman–Crippen LogP) is 2.16. The van der Waals surface area contributed by atoms with Gasteiger partial charge in [-0.3, -0.25) is 14.4 Å². The molecule has 5 heteroatoms. The molecule has 5 nitrogen and oxygen atoms in total. The van der Waals surface area contributed by atoms with Crippen LogP contribution in [0, 0.1) is 0 Å². The molecule has 0 aromatic heterocycles. The van der Waals surface area contributed by atoms with Crippen LogP contribution in [0.5, 0.6) is 0 Å². The fourth-order valence-corrected chi connectivity index (χ4v) is 2.28. The highest BCUT2D eigenvalue weighted by Crippen LogP contribution is 2.22. The number of carbonyl (C=O) groups excluding carboxylic acids is 3. The number of nitrogens with one attached hydrogen (secondary N) is 1. The third-order valence-corrected chi connectivity index (χ3v) is 3.41. The van der Waals surface area contributed by atoms with E-state index in [4.69, 9.17) is 5.73 Å². The number of carbonyl (C=O) groups is 3. The fraction of sp³-hybridized carbons (Fsp3) is 0. The Hall–Kier alpha value is -3.21. The van der Waals surface area contributed by atoms with Crippen LogP contribution in [0.1, 0.15) is 31.1 Å². The Labute approximate surface area is 126 Å². The van der Waals surface area contributed by atoms with E-state index < -0.39 is 5.91 Å². The van der Waals surface area contributed by atoms with Gasteiger partial charge in [0.15, 0.2) is 5.78 Å². The van der Waals surface area contributed by atoms with Crippen molar-refractivity contribution < 1.29 is 14.4 Å². The van der Waals surface area contributed by atoms with Gasteiger partial charge in [-0.1, -0.05) is 24.3 Å². The molecular weight excluding hydrogens is 280 g/mol. The molecular formula is C17H12N2O3. The van der Waals surface area contributed by atoms with Crippen LogP contribution in [0.3, 0.4) is 0 Å². The van der Waals surface area contributed by atoms with Crippen LogP contribution in [0.4, 0.5) is 5.69 Å². The van der Waals surface area contributed by atoms with E-state index in [1.165, 1.54) is 6.08 Å². The van der Waals surface area contributed by atoms with Crippen molar-refractivity contribution in [1.82, 2.24) is 0 Å². The second-order valence-electron chi connectivity index (χ2n) is 4.86. The van der Waals surface area contributed by atoms with Crippen LogP contribution in [-0.4, -0.2) is 17.5 Å². The lowest BCUT2D eigenvalue weighted by atomic mass is 9.92. The molecule has 0 bridgehead atoms. The standard InChI is InChI=1S/C17H12N2O3/c18-17(22)10-5-7-11(8-6-10)19-14-9-15(20)12-3-1-2-4-13(12)16(14)21/h1-9,19H,(H2,18,22). The molecule has 0 aliphatic heterocycles. The Morgan fingerprint density at radius 3 is 2.18 bits per heavy atom. The molecule has 0 saturated carbocycles. The summed E-state index contributed by atoms with van der Waals surface area (Å²) in [6.07, 6.45) is 1.28. The maximum absolute atomic E-state index is 12.4. The Morgan fingerprint density at radius 1 is 0.909 bits per heavy atom. The highest BCUT2D eigenvalue weighted by atomic mass is 16.1. The van der Waals surface area contributed by atoms with Crippen molar-refractivity contribution in [3.8, 4) is 0 Å². The van der Waals surface area contributed by atoms with E-state index in [2.05, 4.69) is 5.32 Å². The SMILES string of the molecule is NC(=O)c1ccc(NC2=CC(=O)c3ccccc3C2=O)cc1. The van der Waals surface area contributed by atoms with Crippen molar-refractivity contribution in [3.63, 3.8) is 0 Å². The third-order valence-electron chi connectivity index (χ3n) is 3.41. The van der Waals surface area contributed by atoms with Gasteiger partial charge in [0.2, 0.25) is 11.7 Å². The average molecular weight is 292 g/mol. The van der Waals surface area contributed by atoms with E-state index in [-0.39, 0.29) is 17.3 Å². The highest BCUT2D eigenvalue weighted by molar-refractivity contribution is 6.25. The Bertz CT molecular complexity index is 820. The largest absolute Gasteiger partial charge is 0.366 e. The van der Waals surface area contributed by atoms with Crippen LogP contribution in [0.2, 0.25) is 0 Å². The minimum absolute atomic E-state index is 0.204. The molecule has 3 rings (SSSR count). The first-order valence-corrected chi connectivity index (χ1v) is 6.63. The maximum Gasteiger partial charge on any atom is 0.248 e. The van der Waals surface area contributed by atoms with E-state index in [1.807, 2.05) is 0 Å². The predicted molar refractivity (Wildman–Crippen MR) is 81.8 cm³/mol. The summed E-state index contributed by atoms with van der Waals surface area (Å²) in [5.41, 5.74) is 7.13. The molecule has 0 spiro atoms. The summed E-state index contributed by atoms with van der Waals surface area (Å²) in [7, 11) is 0. The number of allylic oxidation sites excluding steroid dienone is 2. The molecule has 0 atom stereocenters. The molecule has 2 aromatic carbocycles. The summed E-state index contributed by atoms with van der Waals surface area (Å²) in [5.74, 6) is -0.982. The zero-order chi connectivity index (χ0) is 15.7. The third kappa shape index (κ3) is 2.40. The van der Waals surface area contributed by atoms with Crippen molar-refractivity contribution in [3.05, 3.63) is 77.0 Å². The molecule has 22 heavy (non-hydrogen) atoms. The lowest BCUT2D eigenvalue weighted by molar-refractivity contribution is 0.0985. The number of hydrogen-bond donors (Lipinski definition) is 2. The molecule has 0 radical (unpaired) electrons. The van der Waals surface area contributed by atoms with Crippen molar-refractivity contribution >= 4 is 23.2 Å². The van der Waals surface area contributed by atoms with Gasteiger partial charge in [0.05, 0.1) is 5.70 Å². The van der Waals surface area contributed by atoms with Crippen LogP contribution in [-0.2, 0) is 0 Å². The van der Waals surface area contributed by atoms with E-state index in [9.17, 15) is 14.4 Å². The number of nitrogens with two attached hydrogens (primary N) is 1. The normalized spacial score (nSPS) is 13.4. The smallest absolute Gasteiger partial charge is 0.248 e. The Kier molecular flexibility index (Phi) is 3.31. The van der Waals surface area contributed by atoms with Crippen molar-refractivity contribution in [2.45, 2.75) is 0 Å². The zero-order valence-corrected chi connectivity index (χ0v) is 11.5. The van der Waals surface area contributed by atoms with Gasteiger partial charge in [-0.15, -0.1) is 0 Å². The molecule has 0 fully saturated rings. The number of rotatable bonds is 3. The number of benzene rings is 2. The van der Waals surface area contributed by atoms with Gasteiger partial charge in [0, 0.05) is 28.5 Å². The summed E-state index contributed by atoms with van der Waals surface area (Å²) in [6, 6.07) is 13.0. The van der Waals surface area contributed by atoms with Crippen molar-refractivity contribution in [2.75, 3.05) is 5.32 Å². The first kappa shape index (κ1) is 13.8. The van der Waals surface area contributed by atoms with Crippen LogP contribution in [0.25, 0.3) is 0 Å². The molecule has 0 unspecified atom stereocenters. The zero-order valence-electron chi connectivity index (χ0n) is 11.5. The van der Waals surface area contributed by atoms with E-state index in [0.29, 0.717) is 22.4 Å². The summed E-state index contributed by atoms with van der Waals surface area (Å²) >= 11 is 0. The number of primary amides is 1. The Balaban J connectivity index is 1.89. The van der Waals surface area contributed by atoms with E-state index in [0.717, 1.165) is 0 Å². The lowest BCUT2D eigenvalue weighted by Gasteiger charge is -2.16. The number of fused-ring (bicyclic) bond motifs is 1. The molecule has 3 N–H and O–H groups in total.